The molecule has 1 fully saturated rings. The lowest BCUT2D eigenvalue weighted by Gasteiger charge is -2.39. The van der Waals surface area contributed by atoms with Crippen LogP contribution in [0.25, 0.3) is 0 Å². The van der Waals surface area contributed by atoms with Crippen molar-refractivity contribution in [1.29, 1.82) is 0 Å². The Morgan fingerprint density at radius 2 is 1.38 bits per heavy atom. The van der Waals surface area contributed by atoms with Gasteiger partial charge < -0.3 is 14.2 Å². The van der Waals surface area contributed by atoms with Gasteiger partial charge in [-0.25, -0.2) is 0 Å². The smallest absolute Gasteiger partial charge is 0.250 e. The molecule has 6 heteroatoms. The second-order valence-electron chi connectivity index (χ2n) is 12.7. The topological polar surface area (TPSA) is 47.6 Å². The van der Waals surface area contributed by atoms with Crippen LogP contribution in [0.5, 0.6) is 11.5 Å². The predicted octanol–water partition coefficient (Wildman–Crippen LogP) is 7.62. The first-order chi connectivity index (χ1) is 14.4. The van der Waals surface area contributed by atoms with E-state index in [0.29, 0.717) is 12.0 Å². The van der Waals surface area contributed by atoms with Crippen molar-refractivity contribution in [2.45, 2.75) is 122 Å². The standard InChI is InChI=1S/C26H47NO3Si2/c1-19(28)27-21-14-12-20(13-15-21)23-17-16-22(29-31(8,9)25(2,3)4)18-24(23)30-32(10,11)26(5,6)7/h16-18,20-21H,12-15H2,1-11H3,(H,27,28). The molecule has 0 unspecified atom stereocenters. The molecule has 32 heavy (non-hydrogen) atoms. The monoisotopic (exact) mass is 477 g/mol. The molecule has 0 spiro atoms. The molecule has 0 bridgehead atoms. The third-order valence-electron chi connectivity index (χ3n) is 7.91. The summed E-state index contributed by atoms with van der Waals surface area (Å²) in [6, 6.07) is 6.86. The molecule has 0 radical (unpaired) electrons. The van der Waals surface area contributed by atoms with Crippen molar-refractivity contribution >= 4 is 22.5 Å². The van der Waals surface area contributed by atoms with Crippen LogP contribution in [0.2, 0.25) is 36.3 Å². The number of benzene rings is 1. The highest BCUT2D eigenvalue weighted by Crippen LogP contribution is 2.45. The first kappa shape index (κ1) is 27.0. The van der Waals surface area contributed by atoms with Crippen molar-refractivity contribution < 1.29 is 13.6 Å². The highest BCUT2D eigenvalue weighted by molar-refractivity contribution is 6.75. The van der Waals surface area contributed by atoms with Crippen molar-refractivity contribution in [2.24, 2.45) is 0 Å². The fraction of sp³-hybridized carbons (Fsp3) is 0.731. The minimum absolute atomic E-state index is 0.0718. The Morgan fingerprint density at radius 1 is 0.875 bits per heavy atom. The number of nitrogens with one attached hydrogen (secondary N) is 1. The van der Waals surface area contributed by atoms with E-state index in [1.54, 1.807) is 6.92 Å². The van der Waals surface area contributed by atoms with Crippen molar-refractivity contribution in [3.8, 4) is 11.5 Å². The molecule has 0 aromatic heterocycles. The molecule has 0 saturated heterocycles. The van der Waals surface area contributed by atoms with Gasteiger partial charge >= 0.3 is 0 Å². The van der Waals surface area contributed by atoms with Crippen molar-refractivity contribution in [3.63, 3.8) is 0 Å². The van der Waals surface area contributed by atoms with E-state index in [9.17, 15) is 4.79 Å². The lowest BCUT2D eigenvalue weighted by Crippen LogP contribution is -2.44. The minimum atomic E-state index is -2.00. The zero-order valence-electron chi connectivity index (χ0n) is 22.4. The molecule has 1 aliphatic rings. The van der Waals surface area contributed by atoms with Gasteiger partial charge in [0.15, 0.2) is 0 Å². The summed E-state index contributed by atoms with van der Waals surface area (Å²) in [4.78, 5) is 11.5. The van der Waals surface area contributed by atoms with Gasteiger partial charge in [0.25, 0.3) is 0 Å². The third-order valence-corrected chi connectivity index (χ3v) is 16.6. The molecule has 1 N–H and O–H groups in total. The summed E-state index contributed by atoms with van der Waals surface area (Å²) >= 11 is 0. The largest absolute Gasteiger partial charge is 0.543 e. The van der Waals surface area contributed by atoms with Crippen molar-refractivity contribution in [2.75, 3.05) is 0 Å². The molecule has 2 rings (SSSR count). The maximum absolute atomic E-state index is 11.5. The molecule has 1 saturated carbocycles. The molecule has 182 valence electrons. The molecule has 1 aliphatic carbocycles. The van der Waals surface area contributed by atoms with Crippen molar-refractivity contribution in [3.05, 3.63) is 23.8 Å². The summed E-state index contributed by atoms with van der Waals surface area (Å²) in [5, 5.41) is 3.37. The molecule has 0 atom stereocenters. The SMILES string of the molecule is CC(=O)NC1CCC(c2ccc(O[Si](C)(C)C(C)(C)C)cc2O[Si](C)(C)C(C)(C)C)CC1. The average molecular weight is 478 g/mol. The highest BCUT2D eigenvalue weighted by Gasteiger charge is 2.41. The molecule has 4 nitrogen and oxygen atoms in total. The summed E-state index contributed by atoms with van der Waals surface area (Å²) in [5.41, 5.74) is 1.30. The van der Waals surface area contributed by atoms with Crippen LogP contribution in [0.3, 0.4) is 0 Å². The van der Waals surface area contributed by atoms with Gasteiger partial charge in [0.05, 0.1) is 0 Å². The van der Waals surface area contributed by atoms with Crippen LogP contribution < -0.4 is 14.2 Å². The molecule has 0 heterocycles. The highest BCUT2D eigenvalue weighted by atomic mass is 28.4. The van der Waals surface area contributed by atoms with Crippen LogP contribution in [-0.4, -0.2) is 28.6 Å². The Kier molecular flexibility index (Phi) is 8.03. The van der Waals surface area contributed by atoms with Gasteiger partial charge in [-0.3, -0.25) is 4.79 Å². The summed E-state index contributed by atoms with van der Waals surface area (Å²) in [5.74, 6) is 2.47. The molecular formula is C26H47NO3Si2. The fourth-order valence-electron chi connectivity index (χ4n) is 3.72. The molecule has 1 aromatic rings. The van der Waals surface area contributed by atoms with Gasteiger partial charge in [-0.05, 0) is 79.5 Å². The van der Waals surface area contributed by atoms with E-state index in [1.165, 1.54) is 5.56 Å². The van der Waals surface area contributed by atoms with Gasteiger partial charge in [-0.2, -0.15) is 0 Å². The maximum atomic E-state index is 11.5. The van der Waals surface area contributed by atoms with E-state index < -0.39 is 16.6 Å². The number of carbonyl (C=O) groups excluding carboxylic acids is 1. The molecule has 1 aromatic carbocycles. The first-order valence-electron chi connectivity index (χ1n) is 12.2. The Balaban J connectivity index is 2.36. The Bertz CT molecular complexity index is 798. The fourth-order valence-corrected chi connectivity index (χ4v) is 5.77. The lowest BCUT2D eigenvalue weighted by atomic mass is 9.81. The summed E-state index contributed by atoms with van der Waals surface area (Å²) < 4.78 is 13.5. The van der Waals surface area contributed by atoms with Crippen LogP contribution in [-0.2, 0) is 4.79 Å². The van der Waals surface area contributed by atoms with E-state index in [1.807, 2.05) is 0 Å². The van der Waals surface area contributed by atoms with E-state index in [0.717, 1.165) is 37.2 Å². The van der Waals surface area contributed by atoms with Crippen LogP contribution in [0.15, 0.2) is 18.2 Å². The van der Waals surface area contributed by atoms with Gasteiger partial charge in [0.1, 0.15) is 11.5 Å². The number of rotatable bonds is 6. The summed E-state index contributed by atoms with van der Waals surface area (Å²) in [7, 11) is -3.93. The second kappa shape index (κ2) is 9.53. The quantitative estimate of drug-likeness (QED) is 0.429. The van der Waals surface area contributed by atoms with Gasteiger partial charge in [0, 0.05) is 19.0 Å². The third kappa shape index (κ3) is 6.63. The zero-order valence-corrected chi connectivity index (χ0v) is 24.4. The number of amides is 1. The Labute approximate surface area is 199 Å². The Hall–Kier alpha value is -1.28. The zero-order chi connectivity index (χ0) is 24.5. The van der Waals surface area contributed by atoms with Crippen molar-refractivity contribution in [1.82, 2.24) is 5.32 Å². The van der Waals surface area contributed by atoms with Crippen LogP contribution >= 0.6 is 0 Å². The average Bonchev–Trinajstić information content (AvgIpc) is 2.60. The van der Waals surface area contributed by atoms with E-state index >= 15 is 0 Å². The van der Waals surface area contributed by atoms with Gasteiger partial charge in [-0.1, -0.05) is 47.6 Å². The normalized spacial score (nSPS) is 20.6. The van der Waals surface area contributed by atoms with Crippen LogP contribution in [0.1, 0.15) is 85.6 Å². The van der Waals surface area contributed by atoms with E-state index in [4.69, 9.17) is 8.85 Å². The molecular weight excluding hydrogens is 430 g/mol. The summed E-state index contributed by atoms with van der Waals surface area (Å²) in [6.45, 7) is 24.5. The maximum Gasteiger partial charge on any atom is 0.250 e. The van der Waals surface area contributed by atoms with E-state index in [-0.39, 0.29) is 16.0 Å². The number of hydrogen-bond donors (Lipinski definition) is 1. The van der Waals surface area contributed by atoms with E-state index in [2.05, 4.69) is 91.2 Å². The van der Waals surface area contributed by atoms with Crippen LogP contribution in [0, 0.1) is 0 Å². The van der Waals surface area contributed by atoms with Gasteiger partial charge in [-0.15, -0.1) is 0 Å². The predicted molar refractivity (Wildman–Crippen MR) is 141 cm³/mol. The Morgan fingerprint density at radius 3 is 1.84 bits per heavy atom. The molecule has 1 amide bonds. The number of hydrogen-bond acceptors (Lipinski definition) is 3. The second-order valence-corrected chi connectivity index (χ2v) is 22.1. The lowest BCUT2D eigenvalue weighted by molar-refractivity contribution is -0.119. The molecule has 0 aliphatic heterocycles. The minimum Gasteiger partial charge on any atom is -0.543 e. The summed E-state index contributed by atoms with van der Waals surface area (Å²) in [6.07, 6.45) is 4.18. The first-order valence-corrected chi connectivity index (χ1v) is 18.0. The number of carbonyl (C=O) groups is 1. The van der Waals surface area contributed by atoms with Crippen LogP contribution in [0.4, 0.5) is 0 Å². The van der Waals surface area contributed by atoms with Gasteiger partial charge in [0.2, 0.25) is 22.5 Å².